The zero-order valence-electron chi connectivity index (χ0n) is 11.6. The summed E-state index contributed by atoms with van der Waals surface area (Å²) in [6.07, 6.45) is 0. The first kappa shape index (κ1) is 14.5. The fourth-order valence-electron chi connectivity index (χ4n) is 1.62. The van der Waals surface area contributed by atoms with Gasteiger partial charge in [0, 0.05) is 16.9 Å². The van der Waals surface area contributed by atoms with Gasteiger partial charge >= 0.3 is 0 Å². The van der Waals surface area contributed by atoms with Crippen LogP contribution in [0.4, 0.5) is 0 Å². The molecule has 2 rings (SSSR count). The van der Waals surface area contributed by atoms with E-state index in [1.807, 2.05) is 6.07 Å². The minimum Gasteiger partial charge on any atom is -0.226 e. The van der Waals surface area contributed by atoms with Crippen LogP contribution >= 0.6 is 27.7 Å². The van der Waals surface area contributed by atoms with Gasteiger partial charge in [-0.2, -0.15) is 0 Å². The van der Waals surface area contributed by atoms with Crippen LogP contribution in [0.3, 0.4) is 0 Å². The van der Waals surface area contributed by atoms with E-state index in [1.54, 1.807) is 11.8 Å². The SMILES string of the molecule is Cc1ccc(Sc2cc(Br)nc(C(C)C)n2)cc1C. The lowest BCUT2D eigenvalue weighted by molar-refractivity contribution is 0.748. The minimum absolute atomic E-state index is 0.330. The average Bonchev–Trinajstić information content (AvgIpc) is 2.33. The van der Waals surface area contributed by atoms with E-state index in [0.29, 0.717) is 5.92 Å². The highest BCUT2D eigenvalue weighted by atomic mass is 79.9. The van der Waals surface area contributed by atoms with E-state index in [2.05, 4.69) is 71.8 Å². The van der Waals surface area contributed by atoms with Gasteiger partial charge in [-0.1, -0.05) is 31.7 Å². The van der Waals surface area contributed by atoms with E-state index in [-0.39, 0.29) is 0 Å². The first-order chi connectivity index (χ1) is 8.95. The van der Waals surface area contributed by atoms with Gasteiger partial charge in [-0.15, -0.1) is 0 Å². The Kier molecular flexibility index (Phi) is 4.63. The highest BCUT2D eigenvalue weighted by Gasteiger charge is 2.08. The van der Waals surface area contributed by atoms with Crippen LogP contribution in [-0.4, -0.2) is 9.97 Å². The molecule has 0 radical (unpaired) electrons. The molecule has 0 spiro atoms. The fraction of sp³-hybridized carbons (Fsp3) is 0.333. The third kappa shape index (κ3) is 3.80. The zero-order valence-corrected chi connectivity index (χ0v) is 14.0. The molecule has 0 saturated carbocycles. The molecular formula is C15H17BrN2S. The lowest BCUT2D eigenvalue weighted by Crippen LogP contribution is -1.98. The third-order valence-corrected chi connectivity index (χ3v) is 4.22. The smallest absolute Gasteiger partial charge is 0.133 e. The van der Waals surface area contributed by atoms with Crippen molar-refractivity contribution in [3.8, 4) is 0 Å². The number of hydrogen-bond donors (Lipinski definition) is 0. The second-order valence-corrected chi connectivity index (χ2v) is 6.80. The number of nitrogens with zero attached hydrogens (tertiary/aromatic N) is 2. The number of aromatic nitrogens is 2. The third-order valence-electron chi connectivity index (χ3n) is 2.91. The van der Waals surface area contributed by atoms with Gasteiger partial charge in [0.25, 0.3) is 0 Å². The number of halogens is 1. The van der Waals surface area contributed by atoms with E-state index in [0.717, 1.165) is 15.5 Å². The summed E-state index contributed by atoms with van der Waals surface area (Å²) in [5.41, 5.74) is 2.62. The maximum Gasteiger partial charge on any atom is 0.133 e. The molecule has 1 aromatic carbocycles. The van der Waals surface area contributed by atoms with Gasteiger partial charge in [0.05, 0.1) is 0 Å². The van der Waals surface area contributed by atoms with Gasteiger partial charge in [-0.25, -0.2) is 9.97 Å². The van der Waals surface area contributed by atoms with E-state index in [4.69, 9.17) is 0 Å². The number of benzene rings is 1. The number of aryl methyl sites for hydroxylation is 2. The summed E-state index contributed by atoms with van der Waals surface area (Å²) in [5.74, 6) is 1.21. The molecule has 1 heterocycles. The van der Waals surface area contributed by atoms with Crippen molar-refractivity contribution in [1.82, 2.24) is 9.97 Å². The summed E-state index contributed by atoms with van der Waals surface area (Å²) in [6.45, 7) is 8.47. The molecule has 2 nitrogen and oxygen atoms in total. The summed E-state index contributed by atoms with van der Waals surface area (Å²) in [6, 6.07) is 8.45. The number of hydrogen-bond acceptors (Lipinski definition) is 3. The molecule has 4 heteroatoms. The Hall–Kier alpha value is -0.870. The van der Waals surface area contributed by atoms with Crippen molar-refractivity contribution in [3.05, 3.63) is 45.8 Å². The van der Waals surface area contributed by atoms with Gasteiger partial charge in [0.2, 0.25) is 0 Å². The second kappa shape index (κ2) is 6.06. The van der Waals surface area contributed by atoms with E-state index in [1.165, 1.54) is 16.0 Å². The Morgan fingerprint density at radius 3 is 2.42 bits per heavy atom. The molecule has 1 aromatic heterocycles. The van der Waals surface area contributed by atoms with Crippen LogP contribution in [0.5, 0.6) is 0 Å². The molecule has 2 aromatic rings. The monoisotopic (exact) mass is 336 g/mol. The minimum atomic E-state index is 0.330. The molecular weight excluding hydrogens is 320 g/mol. The summed E-state index contributed by atoms with van der Waals surface area (Å²) < 4.78 is 0.845. The Bertz CT molecular complexity index is 597. The number of rotatable bonds is 3. The van der Waals surface area contributed by atoms with Crippen LogP contribution in [0.1, 0.15) is 36.7 Å². The van der Waals surface area contributed by atoms with Crippen LogP contribution in [0.25, 0.3) is 0 Å². The van der Waals surface area contributed by atoms with Crippen molar-refractivity contribution < 1.29 is 0 Å². The van der Waals surface area contributed by atoms with Crippen molar-refractivity contribution in [2.75, 3.05) is 0 Å². The lowest BCUT2D eigenvalue weighted by Gasteiger charge is -2.08. The molecule has 0 aliphatic heterocycles. The molecule has 0 aliphatic carbocycles. The fourth-order valence-corrected chi connectivity index (χ4v) is 3.10. The molecule has 0 N–H and O–H groups in total. The van der Waals surface area contributed by atoms with Crippen LogP contribution in [0.2, 0.25) is 0 Å². The van der Waals surface area contributed by atoms with Crippen molar-refractivity contribution in [3.63, 3.8) is 0 Å². The van der Waals surface area contributed by atoms with Crippen molar-refractivity contribution >= 4 is 27.7 Å². The highest BCUT2D eigenvalue weighted by molar-refractivity contribution is 9.10. The van der Waals surface area contributed by atoms with E-state index >= 15 is 0 Å². The highest BCUT2D eigenvalue weighted by Crippen LogP contribution is 2.29. The Balaban J connectivity index is 2.29. The van der Waals surface area contributed by atoms with E-state index < -0.39 is 0 Å². The standard InChI is InChI=1S/C15H17BrN2S/c1-9(2)15-17-13(16)8-14(18-15)19-12-6-5-10(3)11(4)7-12/h5-9H,1-4H3. The zero-order chi connectivity index (χ0) is 14.0. The van der Waals surface area contributed by atoms with Gasteiger partial charge < -0.3 is 0 Å². The van der Waals surface area contributed by atoms with Crippen molar-refractivity contribution in [1.29, 1.82) is 0 Å². The quantitative estimate of drug-likeness (QED) is 0.726. The van der Waals surface area contributed by atoms with Crippen molar-refractivity contribution in [2.45, 2.75) is 43.5 Å². The maximum atomic E-state index is 4.60. The van der Waals surface area contributed by atoms with Gasteiger partial charge in [-0.3, -0.25) is 0 Å². The van der Waals surface area contributed by atoms with Crippen molar-refractivity contribution in [2.24, 2.45) is 0 Å². The van der Waals surface area contributed by atoms with Crippen LogP contribution in [0, 0.1) is 13.8 Å². The molecule has 0 unspecified atom stereocenters. The molecule has 19 heavy (non-hydrogen) atoms. The normalized spacial score (nSPS) is 11.1. The maximum absolute atomic E-state index is 4.60. The topological polar surface area (TPSA) is 25.8 Å². The van der Waals surface area contributed by atoms with Gasteiger partial charge in [0.15, 0.2) is 0 Å². The Morgan fingerprint density at radius 1 is 1.05 bits per heavy atom. The van der Waals surface area contributed by atoms with Gasteiger partial charge in [0.1, 0.15) is 15.5 Å². The molecule has 0 aliphatic rings. The molecule has 100 valence electrons. The molecule has 0 atom stereocenters. The van der Waals surface area contributed by atoms with Crippen LogP contribution in [-0.2, 0) is 0 Å². The van der Waals surface area contributed by atoms with Gasteiger partial charge in [-0.05, 0) is 53.0 Å². The summed E-state index contributed by atoms with van der Waals surface area (Å²) in [5, 5.41) is 0.980. The molecule has 0 bridgehead atoms. The largest absolute Gasteiger partial charge is 0.226 e. The average molecular weight is 337 g/mol. The summed E-state index contributed by atoms with van der Waals surface area (Å²) >= 11 is 5.13. The first-order valence-corrected chi connectivity index (χ1v) is 7.86. The Labute approximate surface area is 127 Å². The summed E-state index contributed by atoms with van der Waals surface area (Å²) in [7, 11) is 0. The first-order valence-electron chi connectivity index (χ1n) is 6.25. The second-order valence-electron chi connectivity index (χ2n) is 4.89. The Morgan fingerprint density at radius 2 is 1.79 bits per heavy atom. The summed E-state index contributed by atoms with van der Waals surface area (Å²) in [4.78, 5) is 10.2. The lowest BCUT2D eigenvalue weighted by atomic mass is 10.1. The predicted octanol–water partition coefficient (Wildman–Crippen LogP) is 5.13. The van der Waals surface area contributed by atoms with Crippen LogP contribution < -0.4 is 0 Å². The molecule has 0 fully saturated rings. The molecule has 0 saturated heterocycles. The predicted molar refractivity (Wildman–Crippen MR) is 83.9 cm³/mol. The molecule has 0 amide bonds. The van der Waals surface area contributed by atoms with Crippen LogP contribution in [0.15, 0.2) is 38.8 Å². The van der Waals surface area contributed by atoms with E-state index in [9.17, 15) is 0 Å².